The Morgan fingerprint density at radius 3 is 2.31 bits per heavy atom. The summed E-state index contributed by atoms with van der Waals surface area (Å²) in [4.78, 5) is 36.8. The van der Waals surface area contributed by atoms with Crippen molar-refractivity contribution in [1.82, 2.24) is 0 Å². The van der Waals surface area contributed by atoms with E-state index in [1.54, 1.807) is 0 Å². The average Bonchev–Trinajstić information content (AvgIpc) is 3.35. The molecule has 0 heterocycles. The summed E-state index contributed by atoms with van der Waals surface area (Å²) in [6.45, 7) is 7.30. The summed E-state index contributed by atoms with van der Waals surface area (Å²) in [5.74, 6) is -9.63. The molecule has 6 nitrogen and oxygen atoms in total. The first-order valence-electron chi connectivity index (χ1n) is 17.0. The molecule has 0 radical (unpaired) electrons. The van der Waals surface area contributed by atoms with Crippen molar-refractivity contribution in [3.8, 4) is 5.75 Å². The van der Waals surface area contributed by atoms with Gasteiger partial charge >= 0.3 is 18.1 Å². The molecule has 0 amide bonds. The van der Waals surface area contributed by atoms with Crippen LogP contribution in [-0.4, -0.2) is 43.0 Å². The third kappa shape index (κ3) is 6.45. The third-order valence-electron chi connectivity index (χ3n) is 12.7. The minimum Gasteiger partial charge on any atom is -0.496 e. The van der Waals surface area contributed by atoms with Gasteiger partial charge in [-0.15, -0.1) is 0 Å². The fourth-order valence-electron chi connectivity index (χ4n) is 10.5. The molecule has 0 bridgehead atoms. The molecule has 0 aromatic heterocycles. The zero-order valence-electron chi connectivity index (χ0n) is 28.1. The number of halogens is 6. The van der Waals surface area contributed by atoms with Crippen LogP contribution in [0.15, 0.2) is 18.2 Å². The van der Waals surface area contributed by atoms with Crippen LogP contribution in [0, 0.1) is 52.2 Å². The number of rotatable bonds is 9. The van der Waals surface area contributed by atoms with Crippen LogP contribution in [0.4, 0.5) is 26.3 Å². The lowest BCUT2D eigenvalue weighted by Crippen LogP contribution is -2.63. The average molecular weight is 689 g/mol. The van der Waals surface area contributed by atoms with Crippen molar-refractivity contribution in [2.75, 3.05) is 7.11 Å². The van der Waals surface area contributed by atoms with E-state index < -0.39 is 76.9 Å². The standard InChI is InChI=1S/C36H46F6O6/c1-19(8-6-11-27(48-32(45)36(40,41)42)29-25(37)9-7-10-26(29)46-5)21-12-13-22-30-23(14-16-33(21,22)3)34(4)17-15-28(47-20(2)43)31(44)24(34)18-35(30,38)39/h7,9-10,19,21-24,27-28,30H,6,8,11-18H2,1-5H3/t19-,21-,22+,23+,24+,27?,28+,30+,33-,34-/m1/s1. The molecule has 268 valence electrons. The highest BCUT2D eigenvalue weighted by Crippen LogP contribution is 2.71. The van der Waals surface area contributed by atoms with Gasteiger partial charge in [0.25, 0.3) is 5.92 Å². The van der Waals surface area contributed by atoms with Crippen LogP contribution < -0.4 is 4.74 Å². The third-order valence-corrected chi connectivity index (χ3v) is 12.7. The van der Waals surface area contributed by atoms with E-state index in [0.717, 1.165) is 12.5 Å². The first-order valence-corrected chi connectivity index (χ1v) is 17.0. The van der Waals surface area contributed by atoms with Crippen LogP contribution in [0.3, 0.4) is 0 Å². The first kappa shape index (κ1) is 36.5. The second kappa shape index (κ2) is 13.2. The Hall–Kier alpha value is -2.79. The molecule has 10 atom stereocenters. The fourth-order valence-corrected chi connectivity index (χ4v) is 10.5. The number of hydrogen-bond donors (Lipinski definition) is 0. The van der Waals surface area contributed by atoms with E-state index in [0.29, 0.717) is 44.9 Å². The molecule has 0 spiro atoms. The summed E-state index contributed by atoms with van der Waals surface area (Å²) in [5.41, 5.74) is -1.27. The zero-order chi connectivity index (χ0) is 35.4. The van der Waals surface area contributed by atoms with Crippen molar-refractivity contribution in [3.63, 3.8) is 0 Å². The number of benzene rings is 1. The number of carbonyl (C=O) groups excluding carboxylic acids is 3. The smallest absolute Gasteiger partial charge is 0.490 e. The second-order valence-corrected chi connectivity index (χ2v) is 15.2. The van der Waals surface area contributed by atoms with Gasteiger partial charge < -0.3 is 14.2 Å². The van der Waals surface area contributed by atoms with E-state index in [2.05, 4.69) is 6.92 Å². The molecule has 5 rings (SSSR count). The van der Waals surface area contributed by atoms with Crippen molar-refractivity contribution < 1.29 is 54.9 Å². The Bertz CT molecular complexity index is 1400. The van der Waals surface area contributed by atoms with Crippen LogP contribution in [0.5, 0.6) is 5.75 Å². The minimum absolute atomic E-state index is 0.0133. The van der Waals surface area contributed by atoms with Gasteiger partial charge in [0.2, 0.25) is 0 Å². The maximum Gasteiger partial charge on any atom is 0.490 e. The number of Topliss-reactive ketones (excluding diaryl/α,β-unsaturated/α-hetero) is 1. The molecular weight excluding hydrogens is 642 g/mol. The monoisotopic (exact) mass is 688 g/mol. The van der Waals surface area contributed by atoms with E-state index in [-0.39, 0.29) is 41.4 Å². The van der Waals surface area contributed by atoms with Crippen LogP contribution in [-0.2, 0) is 23.9 Å². The largest absolute Gasteiger partial charge is 0.496 e. The maximum atomic E-state index is 16.3. The Labute approximate surface area is 277 Å². The Balaban J connectivity index is 1.30. The first-order chi connectivity index (χ1) is 22.3. The zero-order valence-corrected chi connectivity index (χ0v) is 28.1. The summed E-state index contributed by atoms with van der Waals surface area (Å²) < 4.78 is 102. The van der Waals surface area contributed by atoms with Gasteiger partial charge in [0.1, 0.15) is 17.7 Å². The Morgan fingerprint density at radius 2 is 1.67 bits per heavy atom. The number of ketones is 1. The summed E-state index contributed by atoms with van der Waals surface area (Å²) in [6, 6.07) is 3.79. The molecule has 0 saturated heterocycles. The van der Waals surface area contributed by atoms with Crippen LogP contribution in [0.1, 0.15) is 104 Å². The molecular formula is C36H46F6O6. The van der Waals surface area contributed by atoms with E-state index in [1.165, 1.54) is 26.2 Å². The predicted molar refractivity (Wildman–Crippen MR) is 162 cm³/mol. The number of carbonyl (C=O) groups is 3. The van der Waals surface area contributed by atoms with E-state index >= 15 is 8.78 Å². The normalized spacial score (nSPS) is 35.4. The van der Waals surface area contributed by atoms with Gasteiger partial charge in [-0.1, -0.05) is 33.3 Å². The summed E-state index contributed by atoms with van der Waals surface area (Å²) in [6.07, 6.45) is -4.10. The van der Waals surface area contributed by atoms with E-state index in [9.17, 15) is 31.9 Å². The highest BCUT2D eigenvalue weighted by molar-refractivity contribution is 5.89. The molecule has 12 heteroatoms. The highest BCUT2D eigenvalue weighted by Gasteiger charge is 2.69. The van der Waals surface area contributed by atoms with Gasteiger partial charge in [0.15, 0.2) is 11.9 Å². The predicted octanol–water partition coefficient (Wildman–Crippen LogP) is 8.80. The summed E-state index contributed by atoms with van der Waals surface area (Å²) in [7, 11) is 1.25. The van der Waals surface area contributed by atoms with Crippen molar-refractivity contribution >= 4 is 17.7 Å². The highest BCUT2D eigenvalue weighted by atomic mass is 19.4. The number of fused-ring (bicyclic) bond motifs is 5. The fraction of sp³-hybridized carbons (Fsp3) is 0.750. The van der Waals surface area contributed by atoms with Gasteiger partial charge in [0, 0.05) is 25.2 Å². The van der Waals surface area contributed by atoms with Crippen LogP contribution in [0.25, 0.3) is 0 Å². The van der Waals surface area contributed by atoms with Gasteiger partial charge in [-0.05, 0) is 98.0 Å². The van der Waals surface area contributed by atoms with Crippen molar-refractivity contribution in [3.05, 3.63) is 29.6 Å². The SMILES string of the molecule is COc1cccc(F)c1C(CCC[C@@H](C)[C@H]1CC[C@H]2[C@H]3[C@H](CC[C@]12C)[C@@]1(C)CC[C@H](OC(C)=O)C(=O)[C@@H]1CC3(F)F)OC(=O)C(F)(F)F. The number of esters is 2. The lowest BCUT2D eigenvalue weighted by Gasteiger charge is -2.62. The minimum atomic E-state index is -5.26. The molecule has 1 aromatic rings. The topological polar surface area (TPSA) is 78.9 Å². The van der Waals surface area contributed by atoms with Crippen molar-refractivity contribution in [2.24, 2.45) is 46.3 Å². The van der Waals surface area contributed by atoms with Crippen LogP contribution in [0.2, 0.25) is 0 Å². The maximum absolute atomic E-state index is 16.3. The Morgan fingerprint density at radius 1 is 1.00 bits per heavy atom. The number of hydrogen-bond acceptors (Lipinski definition) is 6. The summed E-state index contributed by atoms with van der Waals surface area (Å²) in [5, 5.41) is 0. The molecule has 0 N–H and O–H groups in total. The summed E-state index contributed by atoms with van der Waals surface area (Å²) >= 11 is 0. The van der Waals surface area contributed by atoms with Gasteiger partial charge in [-0.25, -0.2) is 18.0 Å². The van der Waals surface area contributed by atoms with E-state index in [1.807, 2.05) is 13.8 Å². The Kier molecular flexibility index (Phi) is 10.0. The molecule has 1 unspecified atom stereocenters. The lowest BCUT2D eigenvalue weighted by atomic mass is 9.43. The van der Waals surface area contributed by atoms with Crippen molar-refractivity contribution in [2.45, 2.75) is 116 Å². The molecule has 1 aromatic carbocycles. The van der Waals surface area contributed by atoms with Gasteiger partial charge in [-0.2, -0.15) is 13.2 Å². The molecule has 4 saturated carbocycles. The lowest BCUT2D eigenvalue weighted by molar-refractivity contribution is -0.234. The van der Waals surface area contributed by atoms with Crippen LogP contribution >= 0.6 is 0 Å². The molecule has 4 aliphatic rings. The van der Waals surface area contributed by atoms with Gasteiger partial charge in [0.05, 0.1) is 12.7 Å². The van der Waals surface area contributed by atoms with Gasteiger partial charge in [-0.3, -0.25) is 9.59 Å². The number of methoxy groups -OCH3 is 1. The molecule has 4 fully saturated rings. The molecule has 48 heavy (non-hydrogen) atoms. The molecule has 0 aliphatic heterocycles. The second-order valence-electron chi connectivity index (χ2n) is 15.2. The number of alkyl halides is 5. The number of ether oxygens (including phenoxy) is 3. The van der Waals surface area contributed by atoms with E-state index in [4.69, 9.17) is 14.2 Å². The molecule has 4 aliphatic carbocycles. The van der Waals surface area contributed by atoms with Crippen molar-refractivity contribution in [1.29, 1.82) is 0 Å². The quantitative estimate of drug-likeness (QED) is 0.191.